The second-order valence-electron chi connectivity index (χ2n) is 8.88. The second kappa shape index (κ2) is 13.8. The molecule has 194 valence electrons. The Morgan fingerprint density at radius 2 is 1.67 bits per heavy atom. The molecule has 2 aromatic rings. The molecule has 2 atom stereocenters. The lowest BCUT2D eigenvalue weighted by Crippen LogP contribution is -2.55. The average Bonchev–Trinajstić information content (AvgIpc) is 2.84. The number of aliphatic hydroxyl groups is 1. The lowest BCUT2D eigenvalue weighted by molar-refractivity contribution is -0.150. The Labute approximate surface area is 209 Å². The summed E-state index contributed by atoms with van der Waals surface area (Å²) in [5, 5.41) is 16.9. The maximum atomic E-state index is 13.0. The fourth-order valence-corrected chi connectivity index (χ4v) is 2.96. The Hall–Kier alpha value is -3.99. The molecule has 0 aliphatic rings. The van der Waals surface area contributed by atoms with E-state index in [0.717, 1.165) is 5.56 Å². The van der Waals surface area contributed by atoms with Gasteiger partial charge in [-0.2, -0.15) is 0 Å². The van der Waals surface area contributed by atoms with Crippen LogP contribution in [0.15, 0.2) is 54.9 Å². The van der Waals surface area contributed by atoms with Gasteiger partial charge in [-0.1, -0.05) is 36.4 Å². The summed E-state index contributed by atoms with van der Waals surface area (Å²) in [7, 11) is 0. The van der Waals surface area contributed by atoms with E-state index in [9.17, 15) is 24.3 Å². The van der Waals surface area contributed by atoms with Crippen LogP contribution in [-0.2, 0) is 36.9 Å². The van der Waals surface area contributed by atoms with Crippen molar-refractivity contribution in [2.75, 3.05) is 13.2 Å². The first-order valence-electron chi connectivity index (χ1n) is 11.3. The molecule has 3 amide bonds. The maximum Gasteiger partial charge on any atom is 0.408 e. The topological polar surface area (TPSA) is 156 Å². The van der Waals surface area contributed by atoms with E-state index in [1.165, 1.54) is 6.20 Å². The highest BCUT2D eigenvalue weighted by molar-refractivity contribution is 5.92. The number of benzene rings is 1. The van der Waals surface area contributed by atoms with E-state index in [-0.39, 0.29) is 13.0 Å². The Morgan fingerprint density at radius 3 is 2.28 bits per heavy atom. The van der Waals surface area contributed by atoms with E-state index in [1.807, 2.05) is 6.07 Å². The van der Waals surface area contributed by atoms with Gasteiger partial charge in [0.2, 0.25) is 11.8 Å². The van der Waals surface area contributed by atoms with Crippen LogP contribution in [0.4, 0.5) is 4.79 Å². The summed E-state index contributed by atoms with van der Waals surface area (Å²) in [6.07, 6.45) is 2.36. The van der Waals surface area contributed by atoms with E-state index >= 15 is 0 Å². The van der Waals surface area contributed by atoms with E-state index < -0.39 is 54.7 Å². The van der Waals surface area contributed by atoms with Gasteiger partial charge in [0.25, 0.3) is 0 Å². The number of amides is 3. The molecule has 36 heavy (non-hydrogen) atoms. The molecule has 0 saturated carbocycles. The van der Waals surface area contributed by atoms with Gasteiger partial charge >= 0.3 is 12.1 Å². The zero-order valence-corrected chi connectivity index (χ0v) is 20.5. The highest BCUT2D eigenvalue weighted by Gasteiger charge is 2.28. The van der Waals surface area contributed by atoms with Crippen LogP contribution in [0.25, 0.3) is 0 Å². The number of aromatic nitrogens is 1. The van der Waals surface area contributed by atoms with E-state index in [2.05, 4.69) is 20.9 Å². The molecule has 0 aliphatic carbocycles. The minimum absolute atomic E-state index is 0.0295. The van der Waals surface area contributed by atoms with Gasteiger partial charge in [0.05, 0.1) is 6.61 Å². The van der Waals surface area contributed by atoms with Crippen LogP contribution in [0.1, 0.15) is 31.9 Å². The first-order chi connectivity index (χ1) is 17.1. The van der Waals surface area contributed by atoms with Gasteiger partial charge in [-0.15, -0.1) is 0 Å². The van der Waals surface area contributed by atoms with Crippen molar-refractivity contribution in [1.29, 1.82) is 0 Å². The summed E-state index contributed by atoms with van der Waals surface area (Å²) in [4.78, 5) is 53.7. The lowest BCUT2D eigenvalue weighted by atomic mass is 10.1. The summed E-state index contributed by atoms with van der Waals surface area (Å²) < 4.78 is 10.3. The summed E-state index contributed by atoms with van der Waals surface area (Å²) in [6, 6.07) is 9.86. The molecular formula is C25H32N4O7. The number of rotatable bonds is 11. The van der Waals surface area contributed by atoms with Crippen molar-refractivity contribution >= 4 is 23.9 Å². The van der Waals surface area contributed by atoms with Gasteiger partial charge in [-0.05, 0) is 38.0 Å². The molecule has 4 N–H and O–H groups in total. The van der Waals surface area contributed by atoms with Crippen molar-refractivity contribution < 1.29 is 33.8 Å². The van der Waals surface area contributed by atoms with Crippen molar-refractivity contribution in [3.05, 3.63) is 66.0 Å². The van der Waals surface area contributed by atoms with Crippen LogP contribution in [0.3, 0.4) is 0 Å². The third-order valence-electron chi connectivity index (χ3n) is 4.61. The number of nitrogens with zero attached hydrogens (tertiary/aromatic N) is 1. The van der Waals surface area contributed by atoms with Gasteiger partial charge in [0, 0.05) is 18.8 Å². The van der Waals surface area contributed by atoms with Crippen molar-refractivity contribution in [3.63, 3.8) is 0 Å². The first kappa shape index (κ1) is 28.2. The maximum absolute atomic E-state index is 13.0. The highest BCUT2D eigenvalue weighted by Crippen LogP contribution is 2.07. The number of hydrogen-bond donors (Lipinski definition) is 4. The molecule has 0 spiro atoms. The highest BCUT2D eigenvalue weighted by atomic mass is 16.6. The number of nitrogens with one attached hydrogen (secondary N) is 3. The number of ether oxygens (including phenoxy) is 2. The summed E-state index contributed by atoms with van der Waals surface area (Å²) in [6.45, 7) is 3.88. The molecular weight excluding hydrogens is 468 g/mol. The number of esters is 1. The Bertz CT molecular complexity index is 1010. The van der Waals surface area contributed by atoms with Gasteiger partial charge in [0.1, 0.15) is 24.8 Å². The first-order valence-corrected chi connectivity index (χ1v) is 11.3. The van der Waals surface area contributed by atoms with E-state index in [1.54, 1.807) is 63.4 Å². The zero-order chi connectivity index (χ0) is 26.6. The second-order valence-corrected chi connectivity index (χ2v) is 8.88. The minimum atomic E-state index is -1.34. The van der Waals surface area contributed by atoms with Gasteiger partial charge in [-0.3, -0.25) is 14.6 Å². The van der Waals surface area contributed by atoms with Crippen molar-refractivity contribution in [3.8, 4) is 0 Å². The molecule has 11 heteroatoms. The fraction of sp³-hybridized carbons (Fsp3) is 0.400. The molecule has 0 radical (unpaired) electrons. The third-order valence-corrected chi connectivity index (χ3v) is 4.61. The van der Waals surface area contributed by atoms with Crippen molar-refractivity contribution in [2.24, 2.45) is 0 Å². The molecule has 2 rings (SSSR count). The van der Waals surface area contributed by atoms with Crippen LogP contribution in [0.5, 0.6) is 0 Å². The largest absolute Gasteiger partial charge is 0.459 e. The lowest BCUT2D eigenvalue weighted by Gasteiger charge is -2.22. The van der Waals surface area contributed by atoms with Gasteiger partial charge < -0.3 is 30.5 Å². The predicted octanol–water partition coefficient (Wildman–Crippen LogP) is 0.854. The zero-order valence-electron chi connectivity index (χ0n) is 20.5. The molecule has 1 aromatic carbocycles. The molecule has 0 saturated heterocycles. The monoisotopic (exact) mass is 500 g/mol. The van der Waals surface area contributed by atoms with Gasteiger partial charge in [-0.25, -0.2) is 9.59 Å². The molecule has 0 aliphatic heterocycles. The van der Waals surface area contributed by atoms with Crippen LogP contribution in [-0.4, -0.2) is 64.8 Å². The van der Waals surface area contributed by atoms with Gasteiger partial charge in [0.15, 0.2) is 6.04 Å². The van der Waals surface area contributed by atoms with Crippen LogP contribution in [0, 0.1) is 0 Å². The number of hydrogen-bond acceptors (Lipinski definition) is 8. The molecule has 0 unspecified atom stereocenters. The number of carbonyl (C=O) groups is 4. The molecule has 1 aromatic heterocycles. The summed E-state index contributed by atoms with van der Waals surface area (Å²) in [5.41, 5.74) is 0.649. The molecule has 0 bridgehead atoms. The quantitative estimate of drug-likeness (QED) is 0.331. The Balaban J connectivity index is 2.01. The van der Waals surface area contributed by atoms with Crippen molar-refractivity contribution in [2.45, 2.75) is 51.5 Å². The molecule has 0 fully saturated rings. The van der Waals surface area contributed by atoms with E-state index in [4.69, 9.17) is 9.47 Å². The third kappa shape index (κ3) is 10.5. The van der Waals surface area contributed by atoms with Crippen LogP contribution in [0.2, 0.25) is 0 Å². The minimum Gasteiger partial charge on any atom is -0.459 e. The predicted molar refractivity (Wildman–Crippen MR) is 129 cm³/mol. The summed E-state index contributed by atoms with van der Waals surface area (Å²) in [5.74, 6) is -2.20. The van der Waals surface area contributed by atoms with E-state index in [0.29, 0.717) is 5.56 Å². The van der Waals surface area contributed by atoms with Crippen LogP contribution >= 0.6 is 0 Å². The standard InChI is InChI=1S/C25H32N4O7/c1-25(2,3)36-24(34)27-14-21(31)28-19(12-18-10-7-11-26-13-18)22(32)29-20(15-30)23(33)35-16-17-8-5-4-6-9-17/h4-11,13,19-20,30H,12,14-16H2,1-3H3,(H,27,34)(H,28,31)(H,29,32)/t19-,20-/m0/s1. The Kier molecular flexibility index (Phi) is 10.8. The number of aliphatic hydroxyl groups excluding tert-OH is 1. The number of pyridine rings is 1. The SMILES string of the molecule is CC(C)(C)OC(=O)NCC(=O)N[C@@H](Cc1cccnc1)C(=O)N[C@@H](CO)C(=O)OCc1ccccc1. The average molecular weight is 501 g/mol. The molecule has 11 nitrogen and oxygen atoms in total. The summed E-state index contributed by atoms with van der Waals surface area (Å²) >= 11 is 0. The normalized spacial score (nSPS) is 12.6. The smallest absolute Gasteiger partial charge is 0.408 e. The fourth-order valence-electron chi connectivity index (χ4n) is 2.96. The molecule has 1 heterocycles. The number of alkyl carbamates (subject to hydrolysis) is 1. The Morgan fingerprint density at radius 1 is 0.972 bits per heavy atom. The van der Waals surface area contributed by atoms with Crippen molar-refractivity contribution in [1.82, 2.24) is 20.9 Å². The number of carbonyl (C=O) groups excluding carboxylic acids is 4. The van der Waals surface area contributed by atoms with Crippen LogP contribution < -0.4 is 16.0 Å².